The van der Waals surface area contributed by atoms with Crippen molar-refractivity contribution in [2.75, 3.05) is 0 Å². The van der Waals surface area contributed by atoms with Crippen LogP contribution in [0.4, 0.5) is 4.39 Å². The first-order chi connectivity index (χ1) is 9.01. The van der Waals surface area contributed by atoms with E-state index in [0.29, 0.717) is 10.0 Å². The smallest absolute Gasteiger partial charge is 0.265 e. The first kappa shape index (κ1) is 14.0. The summed E-state index contributed by atoms with van der Waals surface area (Å²) in [6.45, 7) is 0.270. The van der Waals surface area contributed by atoms with Crippen molar-refractivity contribution in [3.63, 3.8) is 0 Å². The Morgan fingerprint density at radius 3 is 2.74 bits per heavy atom. The second-order valence-corrected chi connectivity index (χ2v) is 5.64. The molecule has 0 spiro atoms. The zero-order valence-electron chi connectivity index (χ0n) is 9.53. The molecular formula is C13H7Br2FN2O. The summed E-state index contributed by atoms with van der Waals surface area (Å²) < 4.78 is 15.9. The van der Waals surface area contributed by atoms with Gasteiger partial charge in [0.25, 0.3) is 5.56 Å². The van der Waals surface area contributed by atoms with Gasteiger partial charge in [-0.2, -0.15) is 5.26 Å². The monoisotopic (exact) mass is 384 g/mol. The standard InChI is InChI=1S/C13H7Br2FN2O/c14-10-4-11(15)13(19)18(7-10)6-8-1-2-12(16)9(3-8)5-17/h1-4,7H,6H2. The lowest BCUT2D eigenvalue weighted by atomic mass is 10.1. The second kappa shape index (κ2) is 5.68. The Balaban J connectivity index is 2.42. The third-order valence-electron chi connectivity index (χ3n) is 2.51. The van der Waals surface area contributed by atoms with Gasteiger partial charge >= 0.3 is 0 Å². The quantitative estimate of drug-likeness (QED) is 0.794. The average Bonchev–Trinajstić information content (AvgIpc) is 2.37. The van der Waals surface area contributed by atoms with E-state index in [2.05, 4.69) is 31.9 Å². The van der Waals surface area contributed by atoms with Gasteiger partial charge in [0.2, 0.25) is 0 Å². The Morgan fingerprint density at radius 1 is 1.32 bits per heavy atom. The molecule has 0 fully saturated rings. The van der Waals surface area contributed by atoms with Crippen molar-refractivity contribution in [1.82, 2.24) is 4.57 Å². The fourth-order valence-electron chi connectivity index (χ4n) is 1.64. The Morgan fingerprint density at radius 2 is 2.05 bits per heavy atom. The minimum Gasteiger partial charge on any atom is -0.309 e. The van der Waals surface area contributed by atoms with E-state index in [1.807, 2.05) is 0 Å². The van der Waals surface area contributed by atoms with Crippen molar-refractivity contribution in [2.24, 2.45) is 0 Å². The number of rotatable bonds is 2. The molecule has 19 heavy (non-hydrogen) atoms. The maximum Gasteiger partial charge on any atom is 0.265 e. The summed E-state index contributed by atoms with van der Waals surface area (Å²) in [6.07, 6.45) is 1.64. The molecule has 1 aromatic heterocycles. The molecule has 0 atom stereocenters. The van der Waals surface area contributed by atoms with Gasteiger partial charge in [-0.1, -0.05) is 6.07 Å². The van der Waals surface area contributed by atoms with E-state index in [4.69, 9.17) is 5.26 Å². The molecule has 0 unspecified atom stereocenters. The fraction of sp³-hybridized carbons (Fsp3) is 0.0769. The lowest BCUT2D eigenvalue weighted by Gasteiger charge is -2.08. The summed E-state index contributed by atoms with van der Waals surface area (Å²) in [5.74, 6) is -0.561. The molecule has 3 nitrogen and oxygen atoms in total. The van der Waals surface area contributed by atoms with Crippen molar-refractivity contribution < 1.29 is 4.39 Å². The van der Waals surface area contributed by atoms with E-state index in [-0.39, 0.29) is 17.7 Å². The molecule has 1 heterocycles. The van der Waals surface area contributed by atoms with Crippen LogP contribution in [-0.2, 0) is 6.54 Å². The first-order valence-electron chi connectivity index (χ1n) is 5.25. The van der Waals surface area contributed by atoms with Gasteiger partial charge in [-0.05, 0) is 55.6 Å². The van der Waals surface area contributed by atoms with Crippen molar-refractivity contribution in [1.29, 1.82) is 5.26 Å². The molecule has 0 aliphatic rings. The van der Waals surface area contributed by atoms with E-state index in [1.165, 1.54) is 16.7 Å². The molecule has 0 aliphatic heterocycles. The highest BCUT2D eigenvalue weighted by atomic mass is 79.9. The largest absolute Gasteiger partial charge is 0.309 e. The van der Waals surface area contributed by atoms with Crippen molar-refractivity contribution in [2.45, 2.75) is 6.54 Å². The first-order valence-corrected chi connectivity index (χ1v) is 6.84. The van der Waals surface area contributed by atoms with Gasteiger partial charge in [0, 0.05) is 10.7 Å². The average molecular weight is 386 g/mol. The molecule has 0 saturated carbocycles. The number of benzene rings is 1. The SMILES string of the molecule is N#Cc1cc(Cn2cc(Br)cc(Br)c2=O)ccc1F. The Labute approximate surface area is 125 Å². The minimum atomic E-state index is -0.561. The minimum absolute atomic E-state index is 0.0281. The van der Waals surface area contributed by atoms with Crippen molar-refractivity contribution in [3.8, 4) is 6.07 Å². The van der Waals surface area contributed by atoms with Crippen LogP contribution in [-0.4, -0.2) is 4.57 Å². The lowest BCUT2D eigenvalue weighted by molar-refractivity contribution is 0.622. The van der Waals surface area contributed by atoms with Gasteiger partial charge in [0.1, 0.15) is 11.9 Å². The molecule has 0 aliphatic carbocycles. The summed E-state index contributed by atoms with van der Waals surface area (Å²) in [4.78, 5) is 11.9. The molecule has 2 aromatic rings. The molecule has 0 amide bonds. The number of aromatic nitrogens is 1. The van der Waals surface area contributed by atoms with Crippen LogP contribution in [0.2, 0.25) is 0 Å². The van der Waals surface area contributed by atoms with Gasteiger partial charge < -0.3 is 4.57 Å². The molecule has 0 saturated heterocycles. The van der Waals surface area contributed by atoms with Gasteiger partial charge in [-0.15, -0.1) is 0 Å². The van der Waals surface area contributed by atoms with Crippen molar-refractivity contribution >= 4 is 31.9 Å². The van der Waals surface area contributed by atoms with Gasteiger partial charge in [-0.25, -0.2) is 4.39 Å². The highest BCUT2D eigenvalue weighted by Crippen LogP contribution is 2.15. The van der Waals surface area contributed by atoms with Crippen LogP contribution in [0, 0.1) is 17.1 Å². The van der Waals surface area contributed by atoms with Gasteiger partial charge in [0.05, 0.1) is 16.6 Å². The topological polar surface area (TPSA) is 45.8 Å². The molecule has 0 radical (unpaired) electrons. The lowest BCUT2D eigenvalue weighted by Crippen LogP contribution is -2.20. The molecular weight excluding hydrogens is 379 g/mol. The Bertz CT molecular complexity index is 734. The summed E-state index contributed by atoms with van der Waals surface area (Å²) in [7, 11) is 0. The predicted octanol–water partition coefficient (Wildman–Crippen LogP) is 3.43. The van der Waals surface area contributed by atoms with Crippen LogP contribution in [0.5, 0.6) is 0 Å². The molecule has 96 valence electrons. The highest BCUT2D eigenvalue weighted by Gasteiger charge is 2.06. The normalized spacial score (nSPS) is 10.2. The number of nitriles is 1. The predicted molar refractivity (Wildman–Crippen MR) is 76.3 cm³/mol. The van der Waals surface area contributed by atoms with E-state index >= 15 is 0 Å². The zero-order valence-corrected chi connectivity index (χ0v) is 12.7. The molecule has 0 N–H and O–H groups in total. The number of hydrogen-bond donors (Lipinski definition) is 0. The van der Waals surface area contributed by atoms with Crippen molar-refractivity contribution in [3.05, 3.63) is 66.7 Å². The summed E-state index contributed by atoms with van der Waals surface area (Å²) >= 11 is 6.47. The number of nitrogens with zero attached hydrogens (tertiary/aromatic N) is 2. The van der Waals surface area contributed by atoms with Crippen LogP contribution < -0.4 is 5.56 Å². The maximum atomic E-state index is 13.2. The number of halogens is 3. The Kier molecular flexibility index (Phi) is 4.17. The molecule has 0 bridgehead atoms. The summed E-state index contributed by atoms with van der Waals surface area (Å²) in [5.41, 5.74) is 0.468. The second-order valence-electron chi connectivity index (χ2n) is 3.87. The van der Waals surface area contributed by atoms with E-state index < -0.39 is 5.82 Å². The van der Waals surface area contributed by atoms with Crippen LogP contribution in [0.3, 0.4) is 0 Å². The van der Waals surface area contributed by atoms with Gasteiger partial charge in [-0.3, -0.25) is 4.79 Å². The Hall–Kier alpha value is -1.45. The fourth-order valence-corrected chi connectivity index (χ4v) is 2.89. The summed E-state index contributed by atoms with van der Waals surface area (Å²) in [5, 5.41) is 8.78. The third-order valence-corrected chi connectivity index (χ3v) is 3.51. The van der Waals surface area contributed by atoms with Gasteiger partial charge in [0.15, 0.2) is 0 Å². The maximum absolute atomic E-state index is 13.2. The zero-order chi connectivity index (χ0) is 14.0. The van der Waals surface area contributed by atoms with Crippen LogP contribution in [0.25, 0.3) is 0 Å². The third kappa shape index (κ3) is 3.11. The van der Waals surface area contributed by atoms with E-state index in [1.54, 1.807) is 24.4 Å². The summed E-state index contributed by atoms with van der Waals surface area (Å²) in [6, 6.07) is 7.66. The molecule has 6 heteroatoms. The van der Waals surface area contributed by atoms with E-state index in [9.17, 15) is 9.18 Å². The van der Waals surface area contributed by atoms with Crippen LogP contribution >= 0.6 is 31.9 Å². The van der Waals surface area contributed by atoms with Crippen LogP contribution in [0.1, 0.15) is 11.1 Å². The van der Waals surface area contributed by atoms with E-state index in [0.717, 1.165) is 4.47 Å². The number of hydrogen-bond acceptors (Lipinski definition) is 2. The highest BCUT2D eigenvalue weighted by molar-refractivity contribution is 9.11. The molecule has 1 aromatic carbocycles. The molecule has 2 rings (SSSR count). The number of pyridine rings is 1. The van der Waals surface area contributed by atoms with Crippen LogP contribution in [0.15, 0.2) is 44.2 Å².